The number of carboxylic acids is 1. The van der Waals surface area contributed by atoms with E-state index in [4.69, 9.17) is 0 Å². The van der Waals surface area contributed by atoms with Crippen LogP contribution in [0.2, 0.25) is 0 Å². The van der Waals surface area contributed by atoms with Gasteiger partial charge in [0.25, 0.3) is 5.69 Å². The Balaban J connectivity index is 2.29. The smallest absolute Gasteiger partial charge is 0.318 e. The van der Waals surface area contributed by atoms with E-state index in [9.17, 15) is 24.8 Å². The highest BCUT2D eigenvalue weighted by Crippen LogP contribution is 2.33. The van der Waals surface area contributed by atoms with Crippen LogP contribution in [0, 0.1) is 21.4 Å². The SMILES string of the molecule is CC(C)(C)[C@H](C(=O)O)C1CNC(=O)N1Cc1cccc([N+](=O)[O-])c1. The van der Waals surface area contributed by atoms with Gasteiger partial charge in [-0.05, 0) is 11.0 Å². The average Bonchev–Trinajstić information content (AvgIpc) is 2.79. The topological polar surface area (TPSA) is 113 Å². The third-order valence-electron chi connectivity index (χ3n) is 4.18. The lowest BCUT2D eigenvalue weighted by Gasteiger charge is -2.35. The summed E-state index contributed by atoms with van der Waals surface area (Å²) in [5, 5.41) is 23.2. The van der Waals surface area contributed by atoms with Crippen LogP contribution in [0.3, 0.4) is 0 Å². The molecule has 24 heavy (non-hydrogen) atoms. The van der Waals surface area contributed by atoms with Gasteiger partial charge in [-0.25, -0.2) is 4.79 Å². The lowest BCUT2D eigenvalue weighted by molar-refractivity contribution is -0.384. The van der Waals surface area contributed by atoms with Crippen LogP contribution in [0.4, 0.5) is 10.5 Å². The molecule has 1 saturated heterocycles. The van der Waals surface area contributed by atoms with Gasteiger partial charge in [-0.1, -0.05) is 32.9 Å². The molecule has 0 bridgehead atoms. The first-order valence-electron chi connectivity index (χ1n) is 7.62. The van der Waals surface area contributed by atoms with E-state index < -0.39 is 28.3 Å². The number of nitro benzene ring substituents is 1. The molecule has 8 heteroatoms. The number of urea groups is 1. The van der Waals surface area contributed by atoms with E-state index in [1.54, 1.807) is 12.1 Å². The van der Waals surface area contributed by atoms with Crippen LogP contribution >= 0.6 is 0 Å². The van der Waals surface area contributed by atoms with Crippen LogP contribution < -0.4 is 5.32 Å². The number of rotatable bonds is 5. The zero-order valence-electron chi connectivity index (χ0n) is 13.9. The fraction of sp³-hybridized carbons (Fsp3) is 0.500. The molecule has 1 unspecified atom stereocenters. The number of carbonyl (C=O) groups excluding carboxylic acids is 1. The molecule has 8 nitrogen and oxygen atoms in total. The van der Waals surface area contributed by atoms with Gasteiger partial charge in [0.05, 0.1) is 16.9 Å². The highest BCUT2D eigenvalue weighted by atomic mass is 16.6. The second-order valence-corrected chi connectivity index (χ2v) is 6.99. The van der Waals surface area contributed by atoms with Gasteiger partial charge >= 0.3 is 12.0 Å². The summed E-state index contributed by atoms with van der Waals surface area (Å²) in [7, 11) is 0. The maximum absolute atomic E-state index is 12.1. The minimum atomic E-state index is -0.965. The number of nitrogens with zero attached hydrogens (tertiary/aromatic N) is 2. The fourth-order valence-corrected chi connectivity index (χ4v) is 3.12. The van der Waals surface area contributed by atoms with Crippen molar-refractivity contribution in [3.05, 3.63) is 39.9 Å². The molecule has 1 fully saturated rings. The number of hydrogen-bond donors (Lipinski definition) is 2. The highest BCUT2D eigenvalue weighted by molar-refractivity contribution is 5.80. The van der Waals surface area contributed by atoms with E-state index in [0.717, 1.165) is 0 Å². The van der Waals surface area contributed by atoms with Gasteiger partial charge in [0.2, 0.25) is 0 Å². The molecule has 0 aliphatic carbocycles. The number of benzene rings is 1. The van der Waals surface area contributed by atoms with Crippen molar-refractivity contribution in [3.63, 3.8) is 0 Å². The Morgan fingerprint density at radius 1 is 1.50 bits per heavy atom. The predicted octanol–water partition coefficient (Wildman–Crippen LogP) is 2.24. The third kappa shape index (κ3) is 3.64. The van der Waals surface area contributed by atoms with Crippen molar-refractivity contribution in [2.24, 2.45) is 11.3 Å². The third-order valence-corrected chi connectivity index (χ3v) is 4.18. The van der Waals surface area contributed by atoms with E-state index >= 15 is 0 Å². The first-order chi connectivity index (χ1) is 11.1. The van der Waals surface area contributed by atoms with Gasteiger partial charge in [-0.3, -0.25) is 14.9 Å². The summed E-state index contributed by atoms with van der Waals surface area (Å²) >= 11 is 0. The Morgan fingerprint density at radius 3 is 2.71 bits per heavy atom. The van der Waals surface area contributed by atoms with Gasteiger partial charge in [-0.15, -0.1) is 0 Å². The molecule has 2 atom stereocenters. The summed E-state index contributed by atoms with van der Waals surface area (Å²) in [6.45, 7) is 5.82. The lowest BCUT2D eigenvalue weighted by atomic mass is 9.76. The van der Waals surface area contributed by atoms with Crippen molar-refractivity contribution in [1.82, 2.24) is 10.2 Å². The minimum Gasteiger partial charge on any atom is -0.481 e. The molecule has 1 aromatic rings. The Labute approximate surface area is 139 Å². The number of aliphatic carboxylic acids is 1. The van der Waals surface area contributed by atoms with Gasteiger partial charge in [0, 0.05) is 25.2 Å². The van der Waals surface area contributed by atoms with Crippen LogP contribution in [0.15, 0.2) is 24.3 Å². The average molecular weight is 335 g/mol. The van der Waals surface area contributed by atoms with E-state index in [1.165, 1.54) is 17.0 Å². The molecule has 0 radical (unpaired) electrons. The Hall–Kier alpha value is -2.64. The quantitative estimate of drug-likeness (QED) is 0.633. The van der Waals surface area contributed by atoms with Gasteiger partial charge < -0.3 is 15.3 Å². The molecule has 130 valence electrons. The van der Waals surface area contributed by atoms with Crippen LogP contribution in [-0.2, 0) is 11.3 Å². The summed E-state index contributed by atoms with van der Waals surface area (Å²) in [4.78, 5) is 35.7. The number of hydrogen-bond acceptors (Lipinski definition) is 4. The maximum atomic E-state index is 12.1. The molecule has 0 aromatic heterocycles. The van der Waals surface area contributed by atoms with Gasteiger partial charge in [0.15, 0.2) is 0 Å². The van der Waals surface area contributed by atoms with Crippen molar-refractivity contribution in [3.8, 4) is 0 Å². The summed E-state index contributed by atoms with van der Waals surface area (Å²) < 4.78 is 0. The van der Waals surface area contributed by atoms with Crippen LogP contribution in [0.1, 0.15) is 26.3 Å². The van der Waals surface area contributed by atoms with Crippen LogP contribution in [0.5, 0.6) is 0 Å². The summed E-state index contributed by atoms with van der Waals surface area (Å²) in [5.41, 5.74) is -0.0115. The number of nitrogens with one attached hydrogen (secondary N) is 1. The second kappa shape index (κ2) is 6.46. The van der Waals surface area contributed by atoms with Gasteiger partial charge in [0.1, 0.15) is 0 Å². The molecular formula is C16H21N3O5. The van der Waals surface area contributed by atoms with Crippen LogP contribution in [0.25, 0.3) is 0 Å². The standard InChI is InChI=1S/C16H21N3O5/c1-16(2,3)13(14(20)21)12-8-17-15(22)18(12)9-10-5-4-6-11(7-10)19(23)24/h4-7,12-13H,8-9H2,1-3H3,(H,17,22)(H,20,21)/t12?,13-/m0/s1. The number of carboxylic acid groups (broad SMARTS) is 1. The van der Waals surface area contributed by atoms with E-state index in [2.05, 4.69) is 5.32 Å². The predicted molar refractivity (Wildman–Crippen MR) is 86.4 cm³/mol. The molecule has 0 saturated carbocycles. The van der Waals surface area contributed by atoms with Crippen molar-refractivity contribution in [2.75, 3.05) is 6.54 Å². The molecule has 2 N–H and O–H groups in total. The Morgan fingerprint density at radius 2 is 2.17 bits per heavy atom. The molecule has 1 aromatic carbocycles. The normalized spacial score (nSPS) is 19.0. The zero-order valence-corrected chi connectivity index (χ0v) is 13.9. The van der Waals surface area contributed by atoms with E-state index in [0.29, 0.717) is 5.56 Å². The molecule has 1 heterocycles. The Bertz CT molecular complexity index is 668. The van der Waals surface area contributed by atoms with Gasteiger partial charge in [-0.2, -0.15) is 0 Å². The fourth-order valence-electron chi connectivity index (χ4n) is 3.12. The number of non-ortho nitro benzene ring substituents is 1. The van der Waals surface area contributed by atoms with Crippen molar-refractivity contribution in [1.29, 1.82) is 0 Å². The number of amides is 2. The molecular weight excluding hydrogens is 314 g/mol. The van der Waals surface area contributed by atoms with E-state index in [1.807, 2.05) is 20.8 Å². The molecule has 1 aliphatic heterocycles. The van der Waals surface area contributed by atoms with Crippen molar-refractivity contribution < 1.29 is 19.6 Å². The summed E-state index contributed by atoms with van der Waals surface area (Å²) in [6.07, 6.45) is 0. The molecule has 2 rings (SSSR count). The largest absolute Gasteiger partial charge is 0.481 e. The zero-order chi connectivity index (χ0) is 18.1. The lowest BCUT2D eigenvalue weighted by Crippen LogP contribution is -2.47. The second-order valence-electron chi connectivity index (χ2n) is 6.99. The molecule has 1 aliphatic rings. The maximum Gasteiger partial charge on any atom is 0.318 e. The highest BCUT2D eigenvalue weighted by Gasteiger charge is 2.45. The van der Waals surface area contributed by atoms with Crippen LogP contribution in [-0.4, -0.2) is 39.5 Å². The van der Waals surface area contributed by atoms with Crippen molar-refractivity contribution >= 4 is 17.7 Å². The minimum absolute atomic E-state index is 0.0609. The van der Waals surface area contributed by atoms with Crippen molar-refractivity contribution in [2.45, 2.75) is 33.4 Å². The number of carbonyl (C=O) groups is 2. The summed E-state index contributed by atoms with van der Waals surface area (Å²) in [5.74, 6) is -1.72. The summed E-state index contributed by atoms with van der Waals surface area (Å²) in [6, 6.07) is 5.13. The monoisotopic (exact) mass is 335 g/mol. The van der Waals surface area contributed by atoms with E-state index in [-0.39, 0.29) is 24.8 Å². The number of nitro groups is 1. The first-order valence-corrected chi connectivity index (χ1v) is 7.62. The first kappa shape index (κ1) is 17.7. The molecule has 0 spiro atoms. The molecule has 2 amide bonds. The Kier molecular flexibility index (Phi) is 4.77.